The molecule has 2 rings (SSSR count). The summed E-state index contributed by atoms with van der Waals surface area (Å²) in [4.78, 5) is 15.3. The number of pyridine rings is 1. The molecular formula is C14H11F2NO2. The minimum absolute atomic E-state index is 0.0838. The standard InChI is InChI=1S/C14H11F2NO2/c1-2-13(18)12-5-4-10(8-17-12)19-14-6-3-9(15)7-11(14)16/h3-8H,2H2,1H3. The van der Waals surface area contributed by atoms with Crippen LogP contribution in [0.15, 0.2) is 36.5 Å². The second-order valence-corrected chi connectivity index (χ2v) is 3.83. The van der Waals surface area contributed by atoms with Crippen molar-refractivity contribution in [1.82, 2.24) is 4.98 Å². The lowest BCUT2D eigenvalue weighted by molar-refractivity contribution is 0.0983. The van der Waals surface area contributed by atoms with Gasteiger partial charge in [-0.2, -0.15) is 0 Å². The summed E-state index contributed by atoms with van der Waals surface area (Å²) in [5, 5.41) is 0. The third-order valence-corrected chi connectivity index (χ3v) is 2.46. The zero-order chi connectivity index (χ0) is 13.8. The number of ether oxygens (including phenoxy) is 1. The van der Waals surface area contributed by atoms with Crippen LogP contribution in [0.25, 0.3) is 0 Å². The Morgan fingerprint density at radius 2 is 2.05 bits per heavy atom. The zero-order valence-corrected chi connectivity index (χ0v) is 10.2. The Bertz CT molecular complexity index is 597. The normalized spacial score (nSPS) is 10.3. The van der Waals surface area contributed by atoms with Gasteiger partial charge in [-0.3, -0.25) is 4.79 Å². The first-order valence-electron chi connectivity index (χ1n) is 5.72. The minimum Gasteiger partial charge on any atom is -0.453 e. The highest BCUT2D eigenvalue weighted by Gasteiger charge is 2.08. The molecule has 0 saturated carbocycles. The van der Waals surface area contributed by atoms with Gasteiger partial charge in [-0.15, -0.1) is 0 Å². The van der Waals surface area contributed by atoms with Crippen molar-refractivity contribution >= 4 is 5.78 Å². The maximum atomic E-state index is 13.4. The van der Waals surface area contributed by atoms with Gasteiger partial charge < -0.3 is 4.74 Å². The highest BCUT2D eigenvalue weighted by molar-refractivity contribution is 5.93. The van der Waals surface area contributed by atoms with Crippen molar-refractivity contribution in [2.24, 2.45) is 0 Å². The lowest BCUT2D eigenvalue weighted by Crippen LogP contribution is -1.99. The van der Waals surface area contributed by atoms with E-state index in [0.29, 0.717) is 12.1 Å². The first kappa shape index (κ1) is 13.1. The van der Waals surface area contributed by atoms with E-state index >= 15 is 0 Å². The highest BCUT2D eigenvalue weighted by Crippen LogP contribution is 2.24. The molecule has 0 amide bonds. The van der Waals surface area contributed by atoms with Gasteiger partial charge in [0.15, 0.2) is 17.3 Å². The number of rotatable bonds is 4. The summed E-state index contributed by atoms with van der Waals surface area (Å²) in [5.41, 5.74) is 0.328. The van der Waals surface area contributed by atoms with E-state index in [1.54, 1.807) is 6.92 Å². The summed E-state index contributed by atoms with van der Waals surface area (Å²) in [6.07, 6.45) is 1.69. The van der Waals surface area contributed by atoms with Crippen LogP contribution in [0, 0.1) is 11.6 Å². The average Bonchev–Trinajstić information content (AvgIpc) is 2.42. The molecule has 1 aromatic carbocycles. The molecule has 0 aliphatic carbocycles. The molecule has 0 atom stereocenters. The molecule has 0 unspecified atom stereocenters. The molecule has 98 valence electrons. The molecule has 0 aliphatic rings. The average molecular weight is 263 g/mol. The van der Waals surface area contributed by atoms with Crippen LogP contribution in [0.4, 0.5) is 8.78 Å². The molecule has 0 fully saturated rings. The maximum absolute atomic E-state index is 13.4. The fourth-order valence-electron chi connectivity index (χ4n) is 1.47. The fraction of sp³-hybridized carbons (Fsp3) is 0.143. The van der Waals surface area contributed by atoms with Gasteiger partial charge in [0.2, 0.25) is 0 Å². The van der Waals surface area contributed by atoms with Crippen LogP contribution in [0.2, 0.25) is 0 Å². The Labute approximate surface area is 108 Å². The fourth-order valence-corrected chi connectivity index (χ4v) is 1.47. The summed E-state index contributed by atoms with van der Waals surface area (Å²) in [6.45, 7) is 1.74. The van der Waals surface area contributed by atoms with Crippen LogP contribution >= 0.6 is 0 Å². The van der Waals surface area contributed by atoms with E-state index in [9.17, 15) is 13.6 Å². The van der Waals surface area contributed by atoms with Gasteiger partial charge in [-0.25, -0.2) is 13.8 Å². The Kier molecular flexibility index (Phi) is 3.85. The summed E-state index contributed by atoms with van der Waals surface area (Å²) in [6, 6.07) is 6.04. The monoisotopic (exact) mass is 263 g/mol. The van der Waals surface area contributed by atoms with E-state index in [-0.39, 0.29) is 17.3 Å². The van der Waals surface area contributed by atoms with Crippen molar-refractivity contribution in [3.05, 3.63) is 53.9 Å². The van der Waals surface area contributed by atoms with Crippen LogP contribution in [-0.2, 0) is 0 Å². The van der Waals surface area contributed by atoms with Gasteiger partial charge in [0.05, 0.1) is 6.20 Å². The number of nitrogens with zero attached hydrogens (tertiary/aromatic N) is 1. The van der Waals surface area contributed by atoms with E-state index in [1.165, 1.54) is 24.4 Å². The predicted octanol–water partition coefficient (Wildman–Crippen LogP) is 3.74. The molecule has 3 nitrogen and oxygen atoms in total. The molecule has 1 aromatic heterocycles. The SMILES string of the molecule is CCC(=O)c1ccc(Oc2ccc(F)cc2F)cn1. The predicted molar refractivity (Wildman–Crippen MR) is 65.3 cm³/mol. The van der Waals surface area contributed by atoms with Gasteiger partial charge in [0.25, 0.3) is 0 Å². The van der Waals surface area contributed by atoms with Crippen molar-refractivity contribution in [3.8, 4) is 11.5 Å². The van der Waals surface area contributed by atoms with E-state index in [2.05, 4.69) is 4.98 Å². The molecule has 0 radical (unpaired) electrons. The van der Waals surface area contributed by atoms with Crippen LogP contribution in [0.5, 0.6) is 11.5 Å². The van der Waals surface area contributed by atoms with Crippen LogP contribution in [0.1, 0.15) is 23.8 Å². The number of ketones is 1. The summed E-state index contributed by atoms with van der Waals surface area (Å²) in [7, 11) is 0. The second-order valence-electron chi connectivity index (χ2n) is 3.83. The topological polar surface area (TPSA) is 39.2 Å². The summed E-state index contributed by atoms with van der Waals surface area (Å²) < 4.78 is 31.3. The number of hydrogen-bond donors (Lipinski definition) is 0. The van der Waals surface area contributed by atoms with Gasteiger partial charge >= 0.3 is 0 Å². The zero-order valence-electron chi connectivity index (χ0n) is 10.2. The van der Waals surface area contributed by atoms with Crippen molar-refractivity contribution < 1.29 is 18.3 Å². The van der Waals surface area contributed by atoms with Crippen LogP contribution in [-0.4, -0.2) is 10.8 Å². The number of halogens is 2. The second kappa shape index (κ2) is 5.56. The summed E-state index contributed by atoms with van der Waals surface area (Å²) >= 11 is 0. The van der Waals surface area contributed by atoms with Crippen molar-refractivity contribution in [1.29, 1.82) is 0 Å². The van der Waals surface area contributed by atoms with Crippen molar-refractivity contribution in [2.45, 2.75) is 13.3 Å². The van der Waals surface area contributed by atoms with Crippen molar-refractivity contribution in [3.63, 3.8) is 0 Å². The van der Waals surface area contributed by atoms with Gasteiger partial charge in [-0.1, -0.05) is 6.92 Å². The van der Waals surface area contributed by atoms with Crippen LogP contribution in [0.3, 0.4) is 0 Å². The molecule has 1 heterocycles. The number of benzene rings is 1. The Morgan fingerprint density at radius 3 is 2.63 bits per heavy atom. The Morgan fingerprint density at radius 1 is 1.26 bits per heavy atom. The first-order valence-corrected chi connectivity index (χ1v) is 5.72. The maximum Gasteiger partial charge on any atom is 0.180 e. The quantitative estimate of drug-likeness (QED) is 0.789. The molecule has 0 N–H and O–H groups in total. The molecule has 2 aromatic rings. The molecule has 0 saturated heterocycles. The van der Waals surface area contributed by atoms with E-state index in [1.807, 2.05) is 0 Å². The summed E-state index contributed by atoms with van der Waals surface area (Å²) in [5.74, 6) is -1.38. The molecule has 19 heavy (non-hydrogen) atoms. The number of Topliss-reactive ketones (excluding diaryl/α,β-unsaturated/α-hetero) is 1. The van der Waals surface area contributed by atoms with E-state index in [0.717, 1.165) is 12.1 Å². The largest absolute Gasteiger partial charge is 0.453 e. The molecule has 0 spiro atoms. The van der Waals surface area contributed by atoms with Gasteiger partial charge in [-0.05, 0) is 24.3 Å². The third kappa shape index (κ3) is 3.13. The smallest absolute Gasteiger partial charge is 0.180 e. The lowest BCUT2D eigenvalue weighted by atomic mass is 10.2. The lowest BCUT2D eigenvalue weighted by Gasteiger charge is -2.06. The Balaban J connectivity index is 2.17. The van der Waals surface area contributed by atoms with E-state index < -0.39 is 11.6 Å². The van der Waals surface area contributed by atoms with Crippen LogP contribution < -0.4 is 4.74 Å². The third-order valence-electron chi connectivity index (χ3n) is 2.46. The number of hydrogen-bond acceptors (Lipinski definition) is 3. The molecule has 5 heteroatoms. The molecular weight excluding hydrogens is 252 g/mol. The highest BCUT2D eigenvalue weighted by atomic mass is 19.1. The number of carbonyl (C=O) groups excluding carboxylic acids is 1. The number of carbonyl (C=O) groups is 1. The Hall–Kier alpha value is -2.30. The minimum atomic E-state index is -0.797. The molecule has 0 bridgehead atoms. The van der Waals surface area contributed by atoms with E-state index in [4.69, 9.17) is 4.74 Å². The molecule has 0 aliphatic heterocycles. The van der Waals surface area contributed by atoms with Crippen molar-refractivity contribution in [2.75, 3.05) is 0 Å². The van der Waals surface area contributed by atoms with Gasteiger partial charge in [0, 0.05) is 12.5 Å². The first-order chi connectivity index (χ1) is 9.10. The number of aromatic nitrogens is 1. The van der Waals surface area contributed by atoms with Gasteiger partial charge in [0.1, 0.15) is 17.3 Å².